The van der Waals surface area contributed by atoms with Crippen LogP contribution in [0.2, 0.25) is 5.02 Å². The summed E-state index contributed by atoms with van der Waals surface area (Å²) in [7, 11) is -9.05. The first-order valence-corrected chi connectivity index (χ1v) is 12.0. The van der Waals surface area contributed by atoms with E-state index in [0.29, 0.717) is 5.02 Å². The van der Waals surface area contributed by atoms with Gasteiger partial charge in [-0.3, -0.25) is 4.79 Å². The van der Waals surface area contributed by atoms with Gasteiger partial charge in [-0.25, -0.2) is 12.6 Å². The minimum Gasteiger partial charge on any atom is -0.290 e. The van der Waals surface area contributed by atoms with Crippen molar-refractivity contribution in [2.45, 2.75) is 22.2 Å². The number of benzene rings is 3. The fraction of sp³-hybridized carbons (Fsp3) is 0.0952. The first kappa shape index (κ1) is 22.2. The summed E-state index contributed by atoms with van der Waals surface area (Å²) in [6, 6.07) is 18.1. The van der Waals surface area contributed by atoms with Crippen molar-refractivity contribution < 1.29 is 25.8 Å². The number of hydrogen-bond acceptors (Lipinski definition) is 6. The van der Waals surface area contributed by atoms with E-state index in [9.17, 15) is 21.6 Å². The minimum atomic E-state index is -4.55. The van der Waals surface area contributed by atoms with Gasteiger partial charge in [-0.2, -0.15) is 8.42 Å². The molecule has 0 aliphatic heterocycles. The number of ketones is 1. The number of hydrogen-bond donors (Lipinski definition) is 0. The molecule has 1 unspecified atom stereocenters. The zero-order chi connectivity index (χ0) is 21.9. The van der Waals surface area contributed by atoms with Crippen LogP contribution in [0.15, 0.2) is 88.7 Å². The molecule has 0 aliphatic rings. The lowest BCUT2D eigenvalue weighted by Crippen LogP contribution is -2.35. The second kappa shape index (κ2) is 8.69. The van der Waals surface area contributed by atoms with Crippen LogP contribution in [-0.2, 0) is 24.1 Å². The molecule has 0 N–H and O–H groups in total. The van der Waals surface area contributed by atoms with E-state index < -0.39 is 31.2 Å². The van der Waals surface area contributed by atoms with Gasteiger partial charge in [0.1, 0.15) is 0 Å². The zero-order valence-electron chi connectivity index (χ0n) is 15.7. The van der Waals surface area contributed by atoms with E-state index in [-0.39, 0.29) is 15.4 Å². The summed E-state index contributed by atoms with van der Waals surface area (Å²) < 4.78 is 56.8. The average molecular weight is 465 g/mol. The highest BCUT2D eigenvalue weighted by atomic mass is 35.5. The standard InChI is InChI=1S/C21H17ClO6S2/c1-15-7-13-19(14-8-15)30(26,27)28-21(20(23)16-9-11-17(22)12-10-16)29(24,25)18-5-3-2-4-6-18/h2-14,21H,1H3. The largest absolute Gasteiger partial charge is 0.298 e. The van der Waals surface area contributed by atoms with E-state index in [0.717, 1.165) is 5.56 Å². The van der Waals surface area contributed by atoms with Crippen molar-refractivity contribution in [3.05, 3.63) is 95.0 Å². The summed E-state index contributed by atoms with van der Waals surface area (Å²) in [5.41, 5.74) is -1.55. The van der Waals surface area contributed by atoms with Crippen molar-refractivity contribution in [3.63, 3.8) is 0 Å². The Morgan fingerprint density at radius 2 is 1.37 bits per heavy atom. The van der Waals surface area contributed by atoms with Crippen LogP contribution in [0, 0.1) is 6.92 Å². The summed E-state index contributed by atoms with van der Waals surface area (Å²) >= 11 is 5.82. The third-order valence-electron chi connectivity index (χ3n) is 4.22. The fourth-order valence-electron chi connectivity index (χ4n) is 2.60. The maximum absolute atomic E-state index is 13.1. The van der Waals surface area contributed by atoms with Crippen LogP contribution < -0.4 is 0 Å². The van der Waals surface area contributed by atoms with Gasteiger partial charge in [-0.15, -0.1) is 0 Å². The van der Waals surface area contributed by atoms with Gasteiger partial charge in [-0.05, 0) is 55.5 Å². The summed E-state index contributed by atoms with van der Waals surface area (Å²) in [4.78, 5) is 12.5. The maximum atomic E-state index is 13.1. The lowest BCUT2D eigenvalue weighted by atomic mass is 10.1. The van der Waals surface area contributed by atoms with Crippen molar-refractivity contribution in [1.82, 2.24) is 0 Å². The molecule has 0 spiro atoms. The fourth-order valence-corrected chi connectivity index (χ4v) is 5.55. The molecular weight excluding hydrogens is 448 g/mol. The molecule has 0 fully saturated rings. The summed E-state index contributed by atoms with van der Waals surface area (Å²) in [6.45, 7) is 1.77. The first-order valence-electron chi connectivity index (χ1n) is 8.70. The van der Waals surface area contributed by atoms with E-state index in [1.54, 1.807) is 13.0 Å². The number of aryl methyl sites for hydroxylation is 1. The molecule has 9 heteroatoms. The van der Waals surface area contributed by atoms with Crippen LogP contribution in [-0.4, -0.2) is 28.1 Å². The molecule has 30 heavy (non-hydrogen) atoms. The molecule has 0 amide bonds. The molecule has 0 radical (unpaired) electrons. The van der Waals surface area contributed by atoms with Crippen LogP contribution in [0.4, 0.5) is 0 Å². The van der Waals surface area contributed by atoms with E-state index >= 15 is 0 Å². The number of rotatable bonds is 7. The van der Waals surface area contributed by atoms with Gasteiger partial charge in [0, 0.05) is 10.6 Å². The zero-order valence-corrected chi connectivity index (χ0v) is 18.1. The topological polar surface area (TPSA) is 94.6 Å². The number of halogens is 1. The maximum Gasteiger partial charge on any atom is 0.298 e. The highest BCUT2D eigenvalue weighted by molar-refractivity contribution is 7.94. The molecule has 1 atom stereocenters. The van der Waals surface area contributed by atoms with Crippen LogP contribution in [0.5, 0.6) is 0 Å². The number of carbonyl (C=O) groups excluding carboxylic acids is 1. The van der Waals surface area contributed by atoms with Gasteiger partial charge in [0.2, 0.25) is 21.1 Å². The molecule has 0 aromatic heterocycles. The first-order chi connectivity index (χ1) is 14.1. The second-order valence-electron chi connectivity index (χ2n) is 6.42. The van der Waals surface area contributed by atoms with Crippen molar-refractivity contribution in [2.75, 3.05) is 0 Å². The molecule has 0 bridgehead atoms. The van der Waals surface area contributed by atoms with Crippen LogP contribution in [0.25, 0.3) is 0 Å². The quantitative estimate of drug-likeness (QED) is 0.387. The molecule has 0 heterocycles. The Labute approximate surface area is 180 Å². The highest BCUT2D eigenvalue weighted by Crippen LogP contribution is 2.25. The Bertz CT molecular complexity index is 1250. The molecule has 3 rings (SSSR count). The second-order valence-corrected chi connectivity index (χ2v) is 10.4. The predicted molar refractivity (Wildman–Crippen MR) is 113 cm³/mol. The van der Waals surface area contributed by atoms with Crippen LogP contribution in [0.1, 0.15) is 15.9 Å². The van der Waals surface area contributed by atoms with E-state index in [4.69, 9.17) is 15.8 Å². The molecular formula is C21H17ClO6S2. The number of Topliss-reactive ketones (excluding diaryl/α,β-unsaturated/α-hetero) is 1. The Hall–Kier alpha value is -2.52. The molecule has 3 aromatic carbocycles. The van der Waals surface area contributed by atoms with Crippen molar-refractivity contribution >= 4 is 37.3 Å². The third-order valence-corrected chi connectivity index (χ3v) is 7.69. The Morgan fingerprint density at radius 1 is 0.800 bits per heavy atom. The SMILES string of the molecule is Cc1ccc(S(=O)(=O)OC(C(=O)c2ccc(Cl)cc2)S(=O)(=O)c2ccccc2)cc1. The van der Waals surface area contributed by atoms with Crippen molar-refractivity contribution in [1.29, 1.82) is 0 Å². The van der Waals surface area contributed by atoms with Crippen molar-refractivity contribution in [3.8, 4) is 0 Å². The lowest BCUT2D eigenvalue weighted by molar-refractivity contribution is 0.0887. The molecule has 0 saturated heterocycles. The van der Waals surface area contributed by atoms with Gasteiger partial charge in [0.05, 0.1) is 9.79 Å². The number of sulfone groups is 1. The smallest absolute Gasteiger partial charge is 0.290 e. The molecule has 6 nitrogen and oxygen atoms in total. The van der Waals surface area contributed by atoms with Crippen LogP contribution in [0.3, 0.4) is 0 Å². The highest BCUT2D eigenvalue weighted by Gasteiger charge is 2.40. The van der Waals surface area contributed by atoms with Crippen LogP contribution >= 0.6 is 11.6 Å². The molecule has 0 saturated carbocycles. The Morgan fingerprint density at radius 3 is 1.93 bits per heavy atom. The van der Waals surface area contributed by atoms with E-state index in [1.807, 2.05) is 0 Å². The summed E-state index contributed by atoms with van der Waals surface area (Å²) in [5.74, 6) is -1.02. The van der Waals surface area contributed by atoms with Gasteiger partial charge in [0.15, 0.2) is 0 Å². The van der Waals surface area contributed by atoms with Gasteiger partial charge in [0.25, 0.3) is 10.1 Å². The molecule has 156 valence electrons. The Balaban J connectivity index is 2.08. The van der Waals surface area contributed by atoms with Gasteiger partial charge >= 0.3 is 0 Å². The molecule has 3 aromatic rings. The van der Waals surface area contributed by atoms with E-state index in [1.165, 1.54) is 72.8 Å². The van der Waals surface area contributed by atoms with Crippen molar-refractivity contribution in [2.24, 2.45) is 0 Å². The molecule has 0 aliphatic carbocycles. The average Bonchev–Trinajstić information content (AvgIpc) is 2.73. The van der Waals surface area contributed by atoms with Gasteiger partial charge < -0.3 is 0 Å². The predicted octanol–water partition coefficient (Wildman–Crippen LogP) is 4.04. The summed E-state index contributed by atoms with van der Waals surface area (Å²) in [6.07, 6.45) is 0. The number of carbonyl (C=O) groups is 1. The Kier molecular flexibility index (Phi) is 6.42. The minimum absolute atomic E-state index is 0.0528. The third kappa shape index (κ3) is 4.79. The monoisotopic (exact) mass is 464 g/mol. The lowest BCUT2D eigenvalue weighted by Gasteiger charge is -2.17. The van der Waals surface area contributed by atoms with Gasteiger partial charge in [-0.1, -0.05) is 47.5 Å². The normalized spacial score (nSPS) is 13.0. The summed E-state index contributed by atoms with van der Waals surface area (Å²) in [5, 5.41) is 0.335. The van der Waals surface area contributed by atoms with E-state index in [2.05, 4.69) is 0 Å².